The van der Waals surface area contributed by atoms with Crippen molar-refractivity contribution < 1.29 is 37.8 Å². The van der Waals surface area contributed by atoms with Crippen LogP contribution in [-0.2, 0) is 34.5 Å². The van der Waals surface area contributed by atoms with Gasteiger partial charge in [-0.1, -0.05) is 37.6 Å². The first-order valence-electron chi connectivity index (χ1n) is 12.5. The van der Waals surface area contributed by atoms with Crippen LogP contribution in [0.1, 0.15) is 46.1 Å². The van der Waals surface area contributed by atoms with Crippen molar-refractivity contribution in [3.05, 3.63) is 41.5 Å². The fraction of sp³-hybridized carbons (Fsp3) is 0.538. The van der Waals surface area contributed by atoms with Crippen molar-refractivity contribution in [2.24, 2.45) is 5.92 Å². The molecule has 0 fully saturated rings. The highest BCUT2D eigenvalue weighted by molar-refractivity contribution is 7.53. The summed E-state index contributed by atoms with van der Waals surface area (Å²) >= 11 is 0. The van der Waals surface area contributed by atoms with Crippen LogP contribution in [-0.4, -0.2) is 61.6 Å². The number of methoxy groups -OCH3 is 1. The molecule has 39 heavy (non-hydrogen) atoms. The van der Waals surface area contributed by atoms with E-state index in [9.17, 15) is 18.9 Å². The Morgan fingerprint density at radius 2 is 1.77 bits per heavy atom. The van der Waals surface area contributed by atoms with Crippen LogP contribution >= 0.6 is 7.60 Å². The first-order chi connectivity index (χ1) is 18.4. The summed E-state index contributed by atoms with van der Waals surface area (Å²) < 4.78 is 28.7. The zero-order valence-electron chi connectivity index (χ0n) is 23.1. The molecule has 0 aliphatic heterocycles. The van der Waals surface area contributed by atoms with E-state index in [4.69, 9.17) is 19.4 Å². The van der Waals surface area contributed by atoms with Gasteiger partial charge in [0.1, 0.15) is 12.1 Å². The van der Waals surface area contributed by atoms with Crippen LogP contribution in [0, 0.1) is 17.2 Å². The highest BCUT2D eigenvalue weighted by atomic mass is 31.2. The first-order valence-corrected chi connectivity index (χ1v) is 14.2. The second-order valence-corrected chi connectivity index (χ2v) is 11.3. The molecular formula is C26H39N4O8P. The second kappa shape index (κ2) is 17.4. The third kappa shape index (κ3) is 12.9. The molecule has 3 amide bonds. The number of nitriles is 1. The maximum absolute atomic E-state index is 13.1. The number of hydrogen-bond acceptors (Lipinski definition) is 9. The Morgan fingerprint density at radius 1 is 1.10 bits per heavy atom. The number of carbonyl (C=O) groups is 3. The molecule has 0 radical (unpaired) electrons. The largest absolute Gasteiger partial charge is 0.453 e. The van der Waals surface area contributed by atoms with Crippen molar-refractivity contribution in [3.8, 4) is 6.07 Å². The molecular weight excluding hydrogens is 527 g/mol. The lowest BCUT2D eigenvalue weighted by molar-refractivity contribution is -0.128. The lowest BCUT2D eigenvalue weighted by Crippen LogP contribution is -2.53. The number of benzene rings is 1. The molecule has 12 nitrogen and oxygen atoms in total. The molecule has 0 aliphatic rings. The van der Waals surface area contributed by atoms with E-state index in [1.165, 1.54) is 14.0 Å². The number of anilines is 1. The van der Waals surface area contributed by atoms with Crippen LogP contribution in [0.2, 0.25) is 0 Å². The Balaban J connectivity index is 2.72. The monoisotopic (exact) mass is 566 g/mol. The van der Waals surface area contributed by atoms with Crippen LogP contribution in [0.4, 0.5) is 10.5 Å². The van der Waals surface area contributed by atoms with E-state index in [1.54, 1.807) is 51.1 Å². The van der Waals surface area contributed by atoms with Crippen molar-refractivity contribution in [1.82, 2.24) is 10.6 Å². The molecule has 0 heterocycles. The van der Waals surface area contributed by atoms with Gasteiger partial charge in [0, 0.05) is 5.69 Å². The van der Waals surface area contributed by atoms with E-state index in [0.29, 0.717) is 17.7 Å². The summed E-state index contributed by atoms with van der Waals surface area (Å²) in [6.45, 7) is 6.64. The van der Waals surface area contributed by atoms with Crippen molar-refractivity contribution in [1.29, 1.82) is 5.26 Å². The summed E-state index contributed by atoms with van der Waals surface area (Å²) in [5, 5.41) is 25.6. The Kier molecular flexibility index (Phi) is 15.1. The van der Waals surface area contributed by atoms with E-state index in [-0.39, 0.29) is 38.3 Å². The SMILES string of the molecule is COC(=O)N[C@H](C(=O)N[C@@H](C)C(=O)Nc1ccc(COP(=O)(CC/C=C(\C)CO)OCCC#N)cc1)C(C)C. The topological polar surface area (TPSA) is 176 Å². The summed E-state index contributed by atoms with van der Waals surface area (Å²) in [6, 6.07) is 6.81. The molecule has 0 saturated carbocycles. The minimum atomic E-state index is -3.49. The van der Waals surface area contributed by atoms with E-state index < -0.39 is 37.6 Å². The molecule has 0 aliphatic carbocycles. The molecule has 0 spiro atoms. The predicted molar refractivity (Wildman–Crippen MR) is 146 cm³/mol. The summed E-state index contributed by atoms with van der Waals surface area (Å²) in [5.74, 6) is -1.22. The number of rotatable bonds is 16. The molecule has 1 unspecified atom stereocenters. The molecule has 3 atom stereocenters. The number of nitrogens with one attached hydrogen (secondary N) is 3. The molecule has 0 saturated heterocycles. The van der Waals surface area contributed by atoms with Gasteiger partial charge in [0.2, 0.25) is 11.8 Å². The summed E-state index contributed by atoms with van der Waals surface area (Å²) in [4.78, 5) is 36.7. The summed E-state index contributed by atoms with van der Waals surface area (Å²) in [6.07, 6.45) is 1.56. The van der Waals surface area contributed by atoms with Crippen molar-refractivity contribution in [2.45, 2.75) is 59.2 Å². The highest BCUT2D eigenvalue weighted by Crippen LogP contribution is 2.49. The van der Waals surface area contributed by atoms with Crippen LogP contribution < -0.4 is 16.0 Å². The molecule has 0 aromatic heterocycles. The highest BCUT2D eigenvalue weighted by Gasteiger charge is 2.27. The van der Waals surface area contributed by atoms with Gasteiger partial charge in [-0.2, -0.15) is 5.26 Å². The molecule has 0 bridgehead atoms. The maximum atomic E-state index is 13.1. The zero-order valence-corrected chi connectivity index (χ0v) is 24.0. The average Bonchev–Trinajstić information content (AvgIpc) is 2.90. The number of aliphatic hydroxyl groups is 1. The number of aliphatic hydroxyl groups excluding tert-OH is 1. The first kappa shape index (κ1) is 33.8. The summed E-state index contributed by atoms with van der Waals surface area (Å²) in [7, 11) is -2.30. The van der Waals surface area contributed by atoms with E-state index >= 15 is 0 Å². The van der Waals surface area contributed by atoms with Crippen molar-refractivity contribution in [2.75, 3.05) is 31.8 Å². The normalized spacial score (nSPS) is 14.5. The Hall–Kier alpha value is -3.23. The van der Waals surface area contributed by atoms with Crippen molar-refractivity contribution >= 4 is 31.2 Å². The van der Waals surface area contributed by atoms with Gasteiger partial charge in [-0.3, -0.25) is 14.2 Å². The Bertz CT molecular complexity index is 1070. The van der Waals surface area contributed by atoms with Gasteiger partial charge in [0.15, 0.2) is 0 Å². The molecule has 1 aromatic rings. The van der Waals surface area contributed by atoms with Gasteiger partial charge in [-0.05, 0) is 43.9 Å². The number of alkyl carbamates (subject to hydrolysis) is 1. The Labute approximate surface area is 229 Å². The fourth-order valence-corrected chi connectivity index (χ4v) is 4.62. The van der Waals surface area contributed by atoms with Gasteiger partial charge in [0.05, 0.1) is 45.6 Å². The van der Waals surface area contributed by atoms with Crippen LogP contribution in [0.5, 0.6) is 0 Å². The minimum Gasteiger partial charge on any atom is -0.453 e. The lowest BCUT2D eigenvalue weighted by Gasteiger charge is -2.23. The van der Waals surface area contributed by atoms with Crippen LogP contribution in [0.15, 0.2) is 35.9 Å². The van der Waals surface area contributed by atoms with Gasteiger partial charge in [0.25, 0.3) is 0 Å². The average molecular weight is 567 g/mol. The second-order valence-electron chi connectivity index (χ2n) is 9.12. The van der Waals surface area contributed by atoms with E-state index in [0.717, 1.165) is 5.57 Å². The van der Waals surface area contributed by atoms with Gasteiger partial charge >= 0.3 is 13.7 Å². The van der Waals surface area contributed by atoms with Gasteiger partial charge in [-0.25, -0.2) is 4.79 Å². The van der Waals surface area contributed by atoms with E-state index in [1.807, 2.05) is 6.07 Å². The number of amides is 3. The Morgan fingerprint density at radius 3 is 2.33 bits per heavy atom. The van der Waals surface area contributed by atoms with Crippen LogP contribution in [0.3, 0.4) is 0 Å². The quantitative estimate of drug-likeness (QED) is 0.133. The van der Waals surface area contributed by atoms with E-state index in [2.05, 4.69) is 20.7 Å². The van der Waals surface area contributed by atoms with Gasteiger partial charge < -0.3 is 34.8 Å². The smallest absolute Gasteiger partial charge is 0.407 e. The standard InChI is InChI=1S/C26H39N4O8P/c1-18(2)23(30-26(34)36-5)25(33)28-20(4)24(32)29-22-11-9-21(10-12-22)17-38-39(35,37-14-7-13-27)15-6-8-19(3)16-31/h8-12,18,20,23,31H,6-7,14-17H2,1-5H3,(H,28,33)(H,29,32)(H,30,34)/b19-8+/t20-,23-,39?/m0/s1. The lowest BCUT2D eigenvalue weighted by atomic mass is 10.0. The number of nitrogens with zero attached hydrogens (tertiary/aromatic N) is 1. The number of allylic oxidation sites excluding steroid dienone is 1. The predicted octanol–water partition coefficient (Wildman–Crippen LogP) is 3.48. The third-order valence-corrected chi connectivity index (χ3v) is 7.36. The zero-order chi connectivity index (χ0) is 29.4. The van der Waals surface area contributed by atoms with Gasteiger partial charge in [-0.15, -0.1) is 0 Å². The maximum Gasteiger partial charge on any atom is 0.407 e. The number of hydrogen-bond donors (Lipinski definition) is 4. The van der Waals surface area contributed by atoms with Crippen LogP contribution in [0.25, 0.3) is 0 Å². The summed E-state index contributed by atoms with van der Waals surface area (Å²) in [5.41, 5.74) is 1.88. The molecule has 4 N–H and O–H groups in total. The molecule has 13 heteroatoms. The number of carbonyl (C=O) groups excluding carboxylic acids is 3. The third-order valence-electron chi connectivity index (χ3n) is 5.46. The van der Waals surface area contributed by atoms with Crippen molar-refractivity contribution in [3.63, 3.8) is 0 Å². The minimum absolute atomic E-state index is 0.0169. The molecule has 1 aromatic carbocycles. The molecule has 216 valence electrons. The fourth-order valence-electron chi connectivity index (χ4n) is 3.13. The number of ether oxygens (including phenoxy) is 1. The molecule has 1 rings (SSSR count).